The monoisotopic (exact) mass is 757 g/mol. The van der Waals surface area contributed by atoms with Crippen molar-refractivity contribution < 1.29 is 25.6 Å². The van der Waals surface area contributed by atoms with Crippen LogP contribution in [0.25, 0.3) is 27.6 Å². The predicted octanol–water partition coefficient (Wildman–Crippen LogP) is 7.19. The van der Waals surface area contributed by atoms with E-state index < -0.39 is 8.07 Å². The van der Waals surface area contributed by atoms with Crippen LogP contribution in [0.15, 0.2) is 97.2 Å². The number of hydrogen-bond acceptors (Lipinski definition) is 1. The topological polar surface area (TPSA) is 23.8 Å². The molecule has 43 heavy (non-hydrogen) atoms. The number of aromatic nitrogens is 2. The number of para-hydroxylation sites is 3. The molecule has 4 nitrogen and oxygen atoms in total. The Kier molecular flexibility index (Phi) is 7.25. The van der Waals surface area contributed by atoms with Gasteiger partial charge in [0.25, 0.3) is 11.4 Å². The molecule has 0 amide bonds. The Morgan fingerprint density at radius 3 is 2.26 bits per heavy atom. The SMILES string of the molecule is C[N+]1=C=[N+](c2[c-]c([Si](C)(C)c3[c-]c4c(cc3)c3ccccc3n4-c3ccccn3)cc(C(C)(C)C)c2)c2ccccc21.[Pt+2]. The summed E-state index contributed by atoms with van der Waals surface area (Å²) in [5.41, 5.74) is 6.78. The van der Waals surface area contributed by atoms with Gasteiger partial charge in [-0.15, -0.1) is 17.0 Å². The van der Waals surface area contributed by atoms with Crippen LogP contribution < -0.4 is 14.9 Å². The van der Waals surface area contributed by atoms with Gasteiger partial charge in [-0.25, -0.2) is 4.98 Å². The maximum Gasteiger partial charge on any atom is 2.00 e. The van der Waals surface area contributed by atoms with E-state index in [4.69, 9.17) is 4.98 Å². The Balaban J connectivity index is 0.00000329. The summed E-state index contributed by atoms with van der Waals surface area (Å²) in [5, 5.41) is 4.91. The minimum absolute atomic E-state index is 0. The van der Waals surface area contributed by atoms with Crippen LogP contribution in [0.4, 0.5) is 17.1 Å². The summed E-state index contributed by atoms with van der Waals surface area (Å²) < 4.78 is 6.47. The average Bonchev–Trinajstić information content (AvgIpc) is 3.51. The molecule has 0 aliphatic carbocycles. The summed E-state index contributed by atoms with van der Waals surface area (Å²) in [6.45, 7) is 11.7. The van der Waals surface area contributed by atoms with Crippen molar-refractivity contribution in [2.75, 3.05) is 7.05 Å². The molecule has 6 aromatic rings. The fourth-order valence-electron chi connectivity index (χ4n) is 5.95. The van der Waals surface area contributed by atoms with Crippen LogP contribution in [0, 0.1) is 12.1 Å². The van der Waals surface area contributed by atoms with Crippen LogP contribution in [0.2, 0.25) is 13.1 Å². The first-order valence-electron chi connectivity index (χ1n) is 14.5. The van der Waals surface area contributed by atoms with Crippen molar-refractivity contribution in [2.24, 2.45) is 0 Å². The summed E-state index contributed by atoms with van der Waals surface area (Å²) in [7, 11) is -0.207. The van der Waals surface area contributed by atoms with E-state index in [0.29, 0.717) is 0 Å². The summed E-state index contributed by atoms with van der Waals surface area (Å²) >= 11 is 0. The second-order valence-corrected chi connectivity index (χ2v) is 17.0. The molecule has 3 heterocycles. The minimum Gasteiger partial charge on any atom is -0.319 e. The van der Waals surface area contributed by atoms with Crippen molar-refractivity contribution in [2.45, 2.75) is 39.3 Å². The van der Waals surface area contributed by atoms with E-state index in [1.165, 1.54) is 26.7 Å². The van der Waals surface area contributed by atoms with Crippen LogP contribution in [-0.4, -0.2) is 35.3 Å². The van der Waals surface area contributed by atoms with Crippen molar-refractivity contribution in [3.05, 3.63) is 115 Å². The normalized spacial score (nSPS) is 13.1. The van der Waals surface area contributed by atoms with Crippen LogP contribution in [0.3, 0.4) is 0 Å². The van der Waals surface area contributed by atoms with Crippen molar-refractivity contribution >= 4 is 63.3 Å². The van der Waals surface area contributed by atoms with Gasteiger partial charge in [-0.05, 0) is 29.0 Å². The summed E-state index contributed by atoms with van der Waals surface area (Å²) in [4.78, 5) is 4.72. The van der Waals surface area contributed by atoms with Gasteiger partial charge in [0, 0.05) is 23.8 Å². The number of fused-ring (bicyclic) bond motifs is 4. The maximum atomic E-state index is 4.72. The molecule has 0 atom stereocenters. The van der Waals surface area contributed by atoms with E-state index in [1.54, 1.807) is 0 Å². The van der Waals surface area contributed by atoms with Crippen LogP contribution >= 0.6 is 0 Å². The third-order valence-electron chi connectivity index (χ3n) is 8.50. The Morgan fingerprint density at radius 2 is 1.51 bits per heavy atom. The maximum absolute atomic E-state index is 4.72. The third-order valence-corrected chi connectivity index (χ3v) is 11.8. The van der Waals surface area contributed by atoms with E-state index in [9.17, 15) is 0 Å². The van der Waals surface area contributed by atoms with Gasteiger partial charge in [0.15, 0.2) is 7.05 Å². The van der Waals surface area contributed by atoms with E-state index in [-0.39, 0.29) is 26.5 Å². The van der Waals surface area contributed by atoms with Gasteiger partial charge in [-0.3, -0.25) is 0 Å². The Bertz CT molecular complexity index is 2100. The second-order valence-electron chi connectivity index (χ2n) is 12.7. The van der Waals surface area contributed by atoms with E-state index in [0.717, 1.165) is 33.9 Å². The zero-order valence-electron chi connectivity index (χ0n) is 25.3. The number of rotatable bonds is 4. The number of pyridine rings is 1. The molecule has 0 saturated carbocycles. The fourth-order valence-corrected chi connectivity index (χ4v) is 8.13. The van der Waals surface area contributed by atoms with Crippen molar-refractivity contribution in [3.63, 3.8) is 0 Å². The molecule has 1 aliphatic rings. The molecule has 6 heteroatoms. The van der Waals surface area contributed by atoms with Gasteiger partial charge < -0.3 is 4.57 Å². The van der Waals surface area contributed by atoms with E-state index >= 15 is 0 Å². The molecule has 0 N–H and O–H groups in total. The summed E-state index contributed by atoms with van der Waals surface area (Å²) in [6, 6.07) is 43.7. The number of hydrogen-bond donors (Lipinski definition) is 0. The van der Waals surface area contributed by atoms with Crippen molar-refractivity contribution in [3.8, 4) is 5.82 Å². The molecular formula is C37H34N4PtSi+2. The van der Waals surface area contributed by atoms with Crippen LogP contribution in [0.5, 0.6) is 0 Å². The first-order chi connectivity index (χ1) is 20.1. The Labute approximate surface area is 268 Å². The largest absolute Gasteiger partial charge is 2.00 e. The molecule has 0 unspecified atom stereocenters. The van der Waals surface area contributed by atoms with Crippen LogP contribution in [-0.2, 0) is 26.5 Å². The molecule has 1 aliphatic heterocycles. The van der Waals surface area contributed by atoms with Crippen LogP contribution in [0.1, 0.15) is 26.3 Å². The molecular weight excluding hydrogens is 724 g/mol. The van der Waals surface area contributed by atoms with Gasteiger partial charge in [-0.1, -0.05) is 91.0 Å². The molecule has 0 spiro atoms. The van der Waals surface area contributed by atoms with Crippen molar-refractivity contribution in [1.82, 2.24) is 14.1 Å². The predicted molar refractivity (Wildman–Crippen MR) is 177 cm³/mol. The molecule has 0 saturated heterocycles. The zero-order chi connectivity index (χ0) is 29.2. The van der Waals surface area contributed by atoms with Gasteiger partial charge in [0.05, 0.1) is 8.07 Å². The molecule has 4 aromatic carbocycles. The third kappa shape index (κ3) is 4.86. The smallest absolute Gasteiger partial charge is 0.319 e. The molecule has 7 rings (SSSR count). The Morgan fingerprint density at radius 1 is 0.791 bits per heavy atom. The molecule has 0 radical (unpaired) electrons. The standard InChI is InChI=1S/C37H34N4Si.Pt/c1-37(2,3)26-21-27(40-25-39(4)33-15-9-10-16-34(33)40)23-29(22-26)42(5,6)28-18-19-31-30-13-7-8-14-32(30)41(35(31)24-28)36-17-11-12-20-38-36;/h7-22H,1-6H3;/q;+2. The molecule has 0 bridgehead atoms. The minimum atomic E-state index is -2.26. The molecule has 2 aromatic heterocycles. The number of benzene rings is 4. The molecule has 214 valence electrons. The molecule has 0 fully saturated rings. The quantitative estimate of drug-likeness (QED) is 0.106. The fraction of sp³-hybridized carbons (Fsp3) is 0.189. The average molecular weight is 758 g/mol. The summed E-state index contributed by atoms with van der Waals surface area (Å²) in [5.74, 6) is 0.906. The van der Waals surface area contributed by atoms with E-state index in [2.05, 4.69) is 152 Å². The summed E-state index contributed by atoms with van der Waals surface area (Å²) in [6.07, 6.45) is 1.86. The van der Waals surface area contributed by atoms with Gasteiger partial charge >= 0.3 is 27.1 Å². The first kappa shape index (κ1) is 29.2. The Hall–Kier alpha value is -3.88. The van der Waals surface area contributed by atoms with Gasteiger partial charge in [-0.2, -0.15) is 34.6 Å². The second kappa shape index (κ2) is 10.7. The van der Waals surface area contributed by atoms with Gasteiger partial charge in [0.2, 0.25) is 0 Å². The van der Waals surface area contributed by atoms with Gasteiger partial charge in [0.1, 0.15) is 11.5 Å². The zero-order valence-corrected chi connectivity index (χ0v) is 28.6. The van der Waals surface area contributed by atoms with Crippen molar-refractivity contribution in [1.29, 1.82) is 0 Å². The first-order valence-corrected chi connectivity index (χ1v) is 17.5. The number of nitrogens with zero attached hydrogens (tertiary/aromatic N) is 4. The van der Waals surface area contributed by atoms with E-state index in [1.807, 2.05) is 18.3 Å².